The number of hydrogen-bond acceptors (Lipinski definition) is 3. The molecule has 1 N–H and O–H groups in total. The largest absolute Gasteiger partial charge is 0.340 e. The number of imidazole rings is 1. The van der Waals surface area contributed by atoms with Crippen molar-refractivity contribution in [1.29, 1.82) is 0 Å². The zero-order valence-electron chi connectivity index (χ0n) is 16.2. The molecule has 2 heterocycles. The molecule has 0 amide bonds. The van der Waals surface area contributed by atoms with Gasteiger partial charge < -0.3 is 14.8 Å². The quantitative estimate of drug-likeness (QED) is 0.700. The lowest BCUT2D eigenvalue weighted by molar-refractivity contribution is 0.571. The topological polar surface area (TPSA) is 33.1 Å². The fourth-order valence-electron chi connectivity index (χ4n) is 3.72. The lowest BCUT2D eigenvalue weighted by atomic mass is 10.1. The van der Waals surface area contributed by atoms with Crippen molar-refractivity contribution in [2.45, 2.75) is 20.4 Å². The van der Waals surface area contributed by atoms with Crippen LogP contribution in [0.4, 0.5) is 10.3 Å². The number of piperazine rings is 1. The highest BCUT2D eigenvalue weighted by molar-refractivity contribution is 6.31. The van der Waals surface area contributed by atoms with Gasteiger partial charge in [0.15, 0.2) is 0 Å². The molecule has 4 nitrogen and oxygen atoms in total. The minimum absolute atomic E-state index is 0.118. The molecule has 0 saturated carbocycles. The number of nitrogens with zero attached hydrogens (tertiary/aromatic N) is 3. The molecule has 1 fully saturated rings. The molecular formula is C22H24ClFN4. The second-order valence-electron chi connectivity index (χ2n) is 7.35. The van der Waals surface area contributed by atoms with Gasteiger partial charge in [0.25, 0.3) is 0 Å². The third-order valence-corrected chi connectivity index (χ3v) is 5.70. The monoisotopic (exact) mass is 398 g/mol. The maximum atomic E-state index is 14.1. The van der Waals surface area contributed by atoms with Crippen molar-refractivity contribution in [3.05, 3.63) is 63.9 Å². The summed E-state index contributed by atoms with van der Waals surface area (Å²) in [5, 5.41) is 3.50. The summed E-state index contributed by atoms with van der Waals surface area (Å²) in [6, 6.07) is 7.82. The number of benzene rings is 2. The summed E-state index contributed by atoms with van der Waals surface area (Å²) in [5.74, 6) is 0.520. The van der Waals surface area contributed by atoms with E-state index in [-0.39, 0.29) is 5.02 Å². The molecule has 1 aliphatic heterocycles. The summed E-state index contributed by atoms with van der Waals surface area (Å²) < 4.78 is 16.4. The Kier molecular flexibility index (Phi) is 5.13. The van der Waals surface area contributed by atoms with Gasteiger partial charge in [-0.3, -0.25) is 0 Å². The molecular weight excluding hydrogens is 375 g/mol. The molecule has 1 aliphatic rings. The highest BCUT2D eigenvalue weighted by Gasteiger charge is 2.20. The number of aryl methyl sites for hydroxylation is 2. The number of nitrogens with one attached hydrogen (secondary N) is 1. The molecule has 3 aromatic rings. The standard InChI is InChI=1S/C22H24ClFN4/c1-4-17-11-16(12-18(23)21(17)24)13-28-20-10-15(3)14(2)9-19(20)26-22(28)27-7-5-25-6-8-27/h4,9-12,25H,1,5-8,13H2,2-3H3. The minimum atomic E-state index is -0.426. The predicted octanol–water partition coefficient (Wildman–Crippen LogP) is 4.55. The summed E-state index contributed by atoms with van der Waals surface area (Å²) in [6.07, 6.45) is 1.50. The Hall–Kier alpha value is -2.37. The molecule has 0 radical (unpaired) electrons. The molecule has 4 rings (SSSR count). The average molecular weight is 399 g/mol. The van der Waals surface area contributed by atoms with Crippen LogP contribution < -0.4 is 10.2 Å². The summed E-state index contributed by atoms with van der Waals surface area (Å²) in [5.41, 5.74) is 5.86. The predicted molar refractivity (Wildman–Crippen MR) is 115 cm³/mol. The molecule has 2 aromatic carbocycles. The van der Waals surface area contributed by atoms with Crippen molar-refractivity contribution in [3.8, 4) is 0 Å². The van der Waals surface area contributed by atoms with Crippen molar-refractivity contribution in [2.75, 3.05) is 31.1 Å². The van der Waals surface area contributed by atoms with Crippen molar-refractivity contribution in [3.63, 3.8) is 0 Å². The minimum Gasteiger partial charge on any atom is -0.340 e. The van der Waals surface area contributed by atoms with E-state index >= 15 is 0 Å². The Morgan fingerprint density at radius 2 is 1.89 bits per heavy atom. The molecule has 146 valence electrons. The van der Waals surface area contributed by atoms with E-state index in [1.807, 2.05) is 6.07 Å². The Morgan fingerprint density at radius 3 is 2.61 bits per heavy atom. The van der Waals surface area contributed by atoms with Crippen LogP contribution in [0.3, 0.4) is 0 Å². The molecule has 1 aromatic heterocycles. The Morgan fingerprint density at radius 1 is 1.18 bits per heavy atom. The maximum Gasteiger partial charge on any atom is 0.206 e. The van der Waals surface area contributed by atoms with E-state index in [9.17, 15) is 4.39 Å². The first kappa shape index (κ1) is 19.0. The van der Waals surface area contributed by atoms with Gasteiger partial charge in [0.1, 0.15) is 5.82 Å². The first-order chi connectivity index (χ1) is 13.5. The van der Waals surface area contributed by atoms with Crippen LogP contribution in [-0.4, -0.2) is 35.7 Å². The smallest absolute Gasteiger partial charge is 0.206 e. The number of fused-ring (bicyclic) bond motifs is 1. The highest BCUT2D eigenvalue weighted by Crippen LogP contribution is 2.29. The summed E-state index contributed by atoms with van der Waals surface area (Å²) in [7, 11) is 0. The normalized spacial score (nSPS) is 14.6. The average Bonchev–Trinajstić information content (AvgIpc) is 3.03. The van der Waals surface area contributed by atoms with E-state index in [0.29, 0.717) is 12.1 Å². The lowest BCUT2D eigenvalue weighted by Gasteiger charge is -2.29. The van der Waals surface area contributed by atoms with Gasteiger partial charge in [0.2, 0.25) is 5.95 Å². The van der Waals surface area contributed by atoms with Gasteiger partial charge in [-0.05, 0) is 54.8 Å². The van der Waals surface area contributed by atoms with Gasteiger partial charge >= 0.3 is 0 Å². The molecule has 0 atom stereocenters. The van der Waals surface area contributed by atoms with Gasteiger partial charge in [0, 0.05) is 31.7 Å². The Bertz CT molecular complexity index is 1050. The fourth-order valence-corrected chi connectivity index (χ4v) is 3.97. The molecule has 0 spiro atoms. The van der Waals surface area contributed by atoms with E-state index in [4.69, 9.17) is 16.6 Å². The summed E-state index contributed by atoms with van der Waals surface area (Å²) >= 11 is 6.12. The first-order valence-corrected chi connectivity index (χ1v) is 9.89. The zero-order valence-corrected chi connectivity index (χ0v) is 17.0. The first-order valence-electron chi connectivity index (χ1n) is 9.51. The van der Waals surface area contributed by atoms with E-state index in [2.05, 4.69) is 47.3 Å². The molecule has 28 heavy (non-hydrogen) atoms. The van der Waals surface area contributed by atoms with Gasteiger partial charge in [-0.15, -0.1) is 0 Å². The van der Waals surface area contributed by atoms with Crippen LogP contribution in [0, 0.1) is 19.7 Å². The van der Waals surface area contributed by atoms with Crippen molar-refractivity contribution in [1.82, 2.24) is 14.9 Å². The second kappa shape index (κ2) is 7.57. The van der Waals surface area contributed by atoms with Crippen LogP contribution in [-0.2, 0) is 6.54 Å². The number of aromatic nitrogens is 2. The van der Waals surface area contributed by atoms with Gasteiger partial charge in [0.05, 0.1) is 22.6 Å². The van der Waals surface area contributed by atoms with E-state index < -0.39 is 5.82 Å². The SMILES string of the molecule is C=Cc1cc(Cn2c(N3CCNCC3)nc3cc(C)c(C)cc32)cc(Cl)c1F. The number of anilines is 1. The van der Waals surface area contributed by atoms with Crippen molar-refractivity contribution >= 4 is 34.7 Å². The molecule has 0 bridgehead atoms. The zero-order chi connectivity index (χ0) is 19.8. The molecule has 1 saturated heterocycles. The number of hydrogen-bond donors (Lipinski definition) is 1. The van der Waals surface area contributed by atoms with Crippen LogP contribution >= 0.6 is 11.6 Å². The van der Waals surface area contributed by atoms with Crippen LogP contribution in [0.15, 0.2) is 30.8 Å². The molecule has 6 heteroatoms. The van der Waals surface area contributed by atoms with E-state index in [0.717, 1.165) is 48.7 Å². The van der Waals surface area contributed by atoms with Gasteiger partial charge in [-0.1, -0.05) is 24.3 Å². The molecule has 0 aliphatic carbocycles. The second-order valence-corrected chi connectivity index (χ2v) is 7.75. The third-order valence-electron chi connectivity index (χ3n) is 5.42. The molecule has 0 unspecified atom stereocenters. The fraction of sp³-hybridized carbons (Fsp3) is 0.318. The van der Waals surface area contributed by atoms with Crippen LogP contribution in [0.2, 0.25) is 5.02 Å². The summed E-state index contributed by atoms with van der Waals surface area (Å²) in [4.78, 5) is 7.26. The lowest BCUT2D eigenvalue weighted by Crippen LogP contribution is -2.44. The van der Waals surface area contributed by atoms with Crippen molar-refractivity contribution < 1.29 is 4.39 Å². The number of rotatable bonds is 4. The van der Waals surface area contributed by atoms with Crippen LogP contribution in [0.1, 0.15) is 22.3 Å². The Balaban J connectivity index is 1.85. The third kappa shape index (κ3) is 3.40. The Labute approximate surface area is 169 Å². The highest BCUT2D eigenvalue weighted by atomic mass is 35.5. The maximum absolute atomic E-state index is 14.1. The van der Waals surface area contributed by atoms with E-state index in [1.165, 1.54) is 17.2 Å². The summed E-state index contributed by atoms with van der Waals surface area (Å²) in [6.45, 7) is 12.2. The van der Waals surface area contributed by atoms with E-state index in [1.54, 1.807) is 6.07 Å². The van der Waals surface area contributed by atoms with Crippen LogP contribution in [0.25, 0.3) is 17.1 Å². The van der Waals surface area contributed by atoms with Crippen molar-refractivity contribution in [2.24, 2.45) is 0 Å². The van der Waals surface area contributed by atoms with Crippen LogP contribution in [0.5, 0.6) is 0 Å². The van der Waals surface area contributed by atoms with Gasteiger partial charge in [-0.2, -0.15) is 0 Å². The van der Waals surface area contributed by atoms with Gasteiger partial charge in [-0.25, -0.2) is 9.37 Å². The number of halogens is 2.